The van der Waals surface area contributed by atoms with E-state index >= 15 is 0 Å². The zero-order chi connectivity index (χ0) is 35.1. The number of carbonyl (C=O) groups excluding carboxylic acids is 1. The normalized spacial score (nSPS) is 15.8. The number of nitrogens with two attached hydrogens (primary N) is 1. The van der Waals surface area contributed by atoms with Gasteiger partial charge in [-0.05, 0) is 105 Å². The molecule has 0 atom stereocenters. The predicted molar refractivity (Wildman–Crippen MR) is 199 cm³/mol. The van der Waals surface area contributed by atoms with Crippen LogP contribution in [0.5, 0.6) is 17.2 Å². The monoisotopic (exact) mass is 683 g/mol. The van der Waals surface area contributed by atoms with E-state index in [1.54, 1.807) is 30.3 Å². The topological polar surface area (TPSA) is 98.4 Å². The van der Waals surface area contributed by atoms with Crippen molar-refractivity contribution in [2.45, 2.75) is 64.5 Å². The van der Waals surface area contributed by atoms with Crippen molar-refractivity contribution < 1.29 is 18.7 Å². The summed E-state index contributed by atoms with van der Waals surface area (Å²) in [5, 5.41) is 5.35. The summed E-state index contributed by atoms with van der Waals surface area (Å²) in [6, 6.07) is 26.7. The van der Waals surface area contributed by atoms with Crippen LogP contribution in [0.4, 0.5) is 10.2 Å². The van der Waals surface area contributed by atoms with Gasteiger partial charge >= 0.3 is 0 Å². The number of likely N-dealkylation sites (tertiary alicyclic amines) is 1. The van der Waals surface area contributed by atoms with Gasteiger partial charge in [-0.15, -0.1) is 0 Å². The molecule has 0 spiro atoms. The van der Waals surface area contributed by atoms with Gasteiger partial charge in [-0.3, -0.25) is 4.79 Å². The summed E-state index contributed by atoms with van der Waals surface area (Å²) in [7, 11) is 0. The van der Waals surface area contributed by atoms with Crippen LogP contribution in [-0.2, 0) is 0 Å². The van der Waals surface area contributed by atoms with Gasteiger partial charge in [-0.1, -0.05) is 49.2 Å². The SMILES string of the molecule is Cc1cc(-n2ncc(C(=O)c3cc4cc(OC5CCN(C6CCCC6)CC5)c(-c5ccccc5C)cc4[nH]3)c2N)ccc1Oc1ccccc1F. The molecule has 9 heteroatoms. The van der Waals surface area contributed by atoms with Crippen LogP contribution in [0.2, 0.25) is 0 Å². The molecule has 8 rings (SSSR count). The van der Waals surface area contributed by atoms with Crippen LogP contribution < -0.4 is 15.2 Å². The van der Waals surface area contributed by atoms with E-state index in [9.17, 15) is 9.18 Å². The molecule has 0 bridgehead atoms. The molecule has 2 fully saturated rings. The van der Waals surface area contributed by atoms with E-state index in [2.05, 4.69) is 46.2 Å². The molecule has 1 aliphatic carbocycles. The summed E-state index contributed by atoms with van der Waals surface area (Å²) in [6.07, 6.45) is 8.97. The second-order valence-electron chi connectivity index (χ2n) is 13.9. The van der Waals surface area contributed by atoms with Crippen molar-refractivity contribution in [1.29, 1.82) is 0 Å². The smallest absolute Gasteiger partial charge is 0.214 e. The highest BCUT2D eigenvalue weighted by atomic mass is 19.1. The Bertz CT molecular complexity index is 2230. The molecule has 3 heterocycles. The first-order valence-electron chi connectivity index (χ1n) is 17.9. The fourth-order valence-electron chi connectivity index (χ4n) is 7.68. The number of rotatable bonds is 9. The van der Waals surface area contributed by atoms with Crippen LogP contribution in [-0.4, -0.2) is 50.7 Å². The van der Waals surface area contributed by atoms with Gasteiger partial charge in [0.2, 0.25) is 5.78 Å². The molecule has 3 N–H and O–H groups in total. The first-order chi connectivity index (χ1) is 24.8. The van der Waals surface area contributed by atoms with E-state index in [1.165, 1.54) is 42.6 Å². The molecule has 0 radical (unpaired) electrons. The molecule has 0 amide bonds. The third-order valence-electron chi connectivity index (χ3n) is 10.5. The van der Waals surface area contributed by atoms with Crippen LogP contribution in [0.3, 0.4) is 0 Å². The summed E-state index contributed by atoms with van der Waals surface area (Å²) in [4.78, 5) is 20.0. The molecule has 2 aliphatic rings. The maximum atomic E-state index is 14.2. The van der Waals surface area contributed by atoms with Gasteiger partial charge in [0, 0.05) is 35.6 Å². The van der Waals surface area contributed by atoms with Gasteiger partial charge < -0.3 is 25.1 Å². The summed E-state index contributed by atoms with van der Waals surface area (Å²) >= 11 is 0. The van der Waals surface area contributed by atoms with Crippen molar-refractivity contribution in [2.24, 2.45) is 0 Å². The van der Waals surface area contributed by atoms with Gasteiger partial charge in [-0.25, -0.2) is 9.07 Å². The van der Waals surface area contributed by atoms with Crippen LogP contribution in [0.15, 0.2) is 91.1 Å². The van der Waals surface area contributed by atoms with E-state index in [0.29, 0.717) is 17.1 Å². The molecule has 2 aromatic heterocycles. The Hall–Kier alpha value is -5.41. The number of aromatic nitrogens is 3. The van der Waals surface area contributed by atoms with Gasteiger partial charge in [0.25, 0.3) is 0 Å². The Balaban J connectivity index is 1.06. The molecule has 1 saturated carbocycles. The standard InChI is InChI=1S/C42H42FN5O3/c1-26-9-3-6-12-32(26)33-24-36-28(23-40(33)50-31-17-19-47(20-18-31)29-10-4-5-11-29)22-37(46-36)41(49)34-25-45-48(42(34)44)30-15-16-38(27(2)21-30)51-39-14-8-7-13-35(39)43/h3,6-9,12-16,21-25,29,31,46H,4-5,10-11,17-20,44H2,1-2H3. The van der Waals surface area contributed by atoms with E-state index in [1.807, 2.05) is 31.2 Å². The lowest BCUT2D eigenvalue weighted by Gasteiger charge is -2.36. The van der Waals surface area contributed by atoms with Crippen molar-refractivity contribution in [3.63, 3.8) is 0 Å². The zero-order valence-corrected chi connectivity index (χ0v) is 29.0. The zero-order valence-electron chi connectivity index (χ0n) is 29.0. The Kier molecular flexibility index (Phi) is 8.82. The minimum atomic E-state index is -0.442. The van der Waals surface area contributed by atoms with Crippen molar-refractivity contribution in [3.05, 3.63) is 119 Å². The summed E-state index contributed by atoms with van der Waals surface area (Å²) in [6.45, 7) is 6.11. The Morgan fingerprint density at radius 3 is 2.37 bits per heavy atom. The highest BCUT2D eigenvalue weighted by molar-refractivity contribution is 6.13. The maximum Gasteiger partial charge on any atom is 0.214 e. The number of benzene rings is 4. The number of ketones is 1. The predicted octanol–water partition coefficient (Wildman–Crippen LogP) is 9.17. The molecule has 8 nitrogen and oxygen atoms in total. The number of nitrogens with one attached hydrogen (secondary N) is 1. The lowest BCUT2D eigenvalue weighted by Crippen LogP contribution is -2.43. The summed E-state index contributed by atoms with van der Waals surface area (Å²) < 4.78 is 28.3. The fourth-order valence-corrected chi connectivity index (χ4v) is 7.68. The average Bonchev–Trinajstić information content (AvgIpc) is 3.91. The van der Waals surface area contributed by atoms with Crippen molar-refractivity contribution in [1.82, 2.24) is 19.7 Å². The number of anilines is 1. The number of hydrogen-bond donors (Lipinski definition) is 2. The number of carbonyl (C=O) groups is 1. The van der Waals surface area contributed by atoms with Gasteiger partial charge in [0.05, 0.1) is 23.1 Å². The Morgan fingerprint density at radius 2 is 1.61 bits per heavy atom. The number of nitrogens with zero attached hydrogens (tertiary/aromatic N) is 3. The molecular formula is C42H42FN5O3. The first-order valence-corrected chi connectivity index (χ1v) is 17.9. The van der Waals surface area contributed by atoms with Gasteiger partial charge in [0.15, 0.2) is 11.6 Å². The molecule has 1 saturated heterocycles. The number of nitrogen functional groups attached to an aromatic ring is 1. The molecular weight excluding hydrogens is 641 g/mol. The minimum Gasteiger partial charge on any atom is -0.490 e. The number of H-pyrrole nitrogens is 1. The van der Waals surface area contributed by atoms with Gasteiger partial charge in [-0.2, -0.15) is 5.10 Å². The van der Waals surface area contributed by atoms with Crippen LogP contribution in [0.25, 0.3) is 27.7 Å². The second kappa shape index (κ2) is 13.7. The molecule has 1 aliphatic heterocycles. The molecule has 260 valence electrons. The molecule has 6 aromatic rings. The number of hydrogen-bond acceptors (Lipinski definition) is 6. The first kappa shape index (κ1) is 32.8. The molecule has 4 aromatic carbocycles. The maximum absolute atomic E-state index is 14.2. The largest absolute Gasteiger partial charge is 0.490 e. The second-order valence-corrected chi connectivity index (χ2v) is 13.9. The van der Waals surface area contributed by atoms with Crippen LogP contribution >= 0.6 is 0 Å². The number of ether oxygens (including phenoxy) is 2. The number of aryl methyl sites for hydroxylation is 2. The Morgan fingerprint density at radius 1 is 0.843 bits per heavy atom. The number of piperidine rings is 1. The van der Waals surface area contributed by atoms with E-state index in [-0.39, 0.29) is 29.0 Å². The lowest BCUT2D eigenvalue weighted by atomic mass is 9.98. The third kappa shape index (κ3) is 6.50. The average molecular weight is 684 g/mol. The fraction of sp³-hybridized carbons (Fsp3) is 0.286. The number of para-hydroxylation sites is 1. The highest BCUT2D eigenvalue weighted by Crippen LogP contribution is 2.38. The molecule has 51 heavy (non-hydrogen) atoms. The summed E-state index contributed by atoms with van der Waals surface area (Å²) in [5.41, 5.74) is 12.8. The van der Waals surface area contributed by atoms with E-state index in [4.69, 9.17) is 15.2 Å². The number of halogens is 1. The van der Waals surface area contributed by atoms with E-state index in [0.717, 1.165) is 70.9 Å². The minimum absolute atomic E-state index is 0.136. The van der Waals surface area contributed by atoms with Crippen molar-refractivity contribution in [3.8, 4) is 34.1 Å². The number of fused-ring (bicyclic) bond motifs is 1. The Labute approximate surface area is 297 Å². The number of aromatic amines is 1. The van der Waals surface area contributed by atoms with E-state index < -0.39 is 5.82 Å². The quantitative estimate of drug-likeness (QED) is 0.148. The lowest BCUT2D eigenvalue weighted by molar-refractivity contribution is 0.0772. The summed E-state index contributed by atoms with van der Waals surface area (Å²) in [5.74, 6) is 0.997. The highest BCUT2D eigenvalue weighted by Gasteiger charge is 2.29. The van der Waals surface area contributed by atoms with Crippen molar-refractivity contribution in [2.75, 3.05) is 18.8 Å². The van der Waals surface area contributed by atoms with Crippen LogP contribution in [0, 0.1) is 19.7 Å². The molecule has 0 unspecified atom stereocenters. The van der Waals surface area contributed by atoms with Gasteiger partial charge in [0.1, 0.15) is 23.4 Å². The van der Waals surface area contributed by atoms with Crippen molar-refractivity contribution >= 4 is 22.5 Å². The van der Waals surface area contributed by atoms with Crippen LogP contribution in [0.1, 0.15) is 65.7 Å². The third-order valence-corrected chi connectivity index (χ3v) is 10.5.